The van der Waals surface area contributed by atoms with Gasteiger partial charge in [0.05, 0.1) is 12.6 Å². The van der Waals surface area contributed by atoms with Gasteiger partial charge in [-0.05, 0) is 13.0 Å². The summed E-state index contributed by atoms with van der Waals surface area (Å²) >= 11 is 5.80. The molecule has 1 rings (SSSR count). The number of hydrogen-bond donors (Lipinski definition) is 2. The molecule has 1 aromatic heterocycles. The minimum Gasteiger partial charge on any atom is -0.394 e. The summed E-state index contributed by atoms with van der Waals surface area (Å²) in [4.78, 5) is 4.02. The standard InChI is InChI=1S/C8H11ClN2O/c1-5-2-3-6(7(10)4-12)8(9)11-5/h2-3,7,12H,4,10H2,1H3/t7-/m1/s1. The zero-order valence-corrected chi connectivity index (χ0v) is 7.54. The van der Waals surface area contributed by atoms with Crippen LogP contribution in [0.15, 0.2) is 12.1 Å². The zero-order valence-electron chi connectivity index (χ0n) is 6.79. The Morgan fingerprint density at radius 1 is 1.67 bits per heavy atom. The first-order chi connectivity index (χ1) is 5.65. The van der Waals surface area contributed by atoms with Gasteiger partial charge < -0.3 is 10.8 Å². The van der Waals surface area contributed by atoms with Gasteiger partial charge >= 0.3 is 0 Å². The maximum Gasteiger partial charge on any atom is 0.134 e. The number of aryl methyl sites for hydroxylation is 1. The van der Waals surface area contributed by atoms with Gasteiger partial charge in [-0.2, -0.15) is 0 Å². The smallest absolute Gasteiger partial charge is 0.134 e. The second kappa shape index (κ2) is 3.85. The minimum absolute atomic E-state index is 0.121. The topological polar surface area (TPSA) is 59.1 Å². The van der Waals surface area contributed by atoms with Crippen molar-refractivity contribution in [2.75, 3.05) is 6.61 Å². The van der Waals surface area contributed by atoms with Gasteiger partial charge in [-0.15, -0.1) is 0 Å². The second-order valence-corrected chi connectivity index (χ2v) is 2.98. The summed E-state index contributed by atoms with van der Waals surface area (Å²) in [6.45, 7) is 1.73. The molecule has 0 amide bonds. The number of hydrogen-bond acceptors (Lipinski definition) is 3. The van der Waals surface area contributed by atoms with Gasteiger partial charge in [0.1, 0.15) is 5.15 Å². The Bertz CT molecular complexity index is 278. The van der Waals surface area contributed by atoms with E-state index in [1.807, 2.05) is 13.0 Å². The highest BCUT2D eigenvalue weighted by molar-refractivity contribution is 6.30. The van der Waals surface area contributed by atoms with Crippen molar-refractivity contribution in [2.45, 2.75) is 13.0 Å². The predicted molar refractivity (Wildman–Crippen MR) is 48.0 cm³/mol. The van der Waals surface area contributed by atoms with Crippen LogP contribution in [0.4, 0.5) is 0 Å². The number of aliphatic hydroxyl groups is 1. The van der Waals surface area contributed by atoms with Gasteiger partial charge in [0, 0.05) is 11.3 Å². The van der Waals surface area contributed by atoms with E-state index in [1.54, 1.807) is 6.07 Å². The summed E-state index contributed by atoms with van der Waals surface area (Å²) in [6, 6.07) is 3.16. The summed E-state index contributed by atoms with van der Waals surface area (Å²) < 4.78 is 0. The number of aliphatic hydroxyl groups excluding tert-OH is 1. The number of nitrogens with two attached hydrogens (primary N) is 1. The third-order valence-electron chi connectivity index (χ3n) is 1.61. The van der Waals surface area contributed by atoms with Crippen molar-refractivity contribution >= 4 is 11.6 Å². The van der Waals surface area contributed by atoms with Crippen molar-refractivity contribution in [3.05, 3.63) is 28.5 Å². The van der Waals surface area contributed by atoms with Crippen LogP contribution in [-0.4, -0.2) is 16.7 Å². The summed E-state index contributed by atoms with van der Waals surface area (Å²) in [5, 5.41) is 9.14. The molecular weight excluding hydrogens is 176 g/mol. The molecule has 12 heavy (non-hydrogen) atoms. The average molecular weight is 187 g/mol. The molecule has 3 nitrogen and oxygen atoms in total. The van der Waals surface area contributed by atoms with E-state index in [-0.39, 0.29) is 6.61 Å². The predicted octanol–water partition coefficient (Wildman–Crippen LogP) is 1.04. The van der Waals surface area contributed by atoms with Crippen molar-refractivity contribution < 1.29 is 5.11 Å². The highest BCUT2D eigenvalue weighted by Crippen LogP contribution is 2.18. The van der Waals surface area contributed by atoms with Gasteiger partial charge in [-0.1, -0.05) is 17.7 Å². The molecule has 3 N–H and O–H groups in total. The first-order valence-corrected chi connectivity index (χ1v) is 4.02. The number of rotatable bonds is 2. The molecular formula is C8H11ClN2O. The highest BCUT2D eigenvalue weighted by Gasteiger charge is 2.09. The van der Waals surface area contributed by atoms with Crippen molar-refractivity contribution in [1.29, 1.82) is 0 Å². The summed E-state index contributed by atoms with van der Waals surface area (Å²) in [5.74, 6) is 0. The number of nitrogens with zero attached hydrogens (tertiary/aromatic N) is 1. The summed E-state index contributed by atoms with van der Waals surface area (Å²) in [5.41, 5.74) is 7.10. The summed E-state index contributed by atoms with van der Waals surface area (Å²) in [6.07, 6.45) is 0. The Morgan fingerprint density at radius 2 is 2.33 bits per heavy atom. The molecule has 0 aromatic carbocycles. The molecule has 66 valence electrons. The van der Waals surface area contributed by atoms with Crippen LogP contribution in [-0.2, 0) is 0 Å². The Morgan fingerprint density at radius 3 is 2.83 bits per heavy atom. The highest BCUT2D eigenvalue weighted by atomic mass is 35.5. The Labute approximate surface area is 76.2 Å². The quantitative estimate of drug-likeness (QED) is 0.679. The lowest BCUT2D eigenvalue weighted by Crippen LogP contribution is -2.15. The van der Waals surface area contributed by atoms with Crippen LogP contribution in [0.25, 0.3) is 0 Å². The summed E-state index contributed by atoms with van der Waals surface area (Å²) in [7, 11) is 0. The molecule has 0 bridgehead atoms. The maximum atomic E-state index is 8.77. The largest absolute Gasteiger partial charge is 0.394 e. The van der Waals surface area contributed by atoms with E-state index in [2.05, 4.69) is 4.98 Å². The van der Waals surface area contributed by atoms with E-state index in [1.165, 1.54) is 0 Å². The molecule has 1 aromatic rings. The van der Waals surface area contributed by atoms with E-state index in [0.29, 0.717) is 10.7 Å². The first-order valence-electron chi connectivity index (χ1n) is 3.64. The fourth-order valence-electron chi connectivity index (χ4n) is 0.911. The monoisotopic (exact) mass is 186 g/mol. The van der Waals surface area contributed by atoms with Gasteiger partial charge in [0.15, 0.2) is 0 Å². The number of aromatic nitrogens is 1. The van der Waals surface area contributed by atoms with Crippen LogP contribution in [0.3, 0.4) is 0 Å². The lowest BCUT2D eigenvalue weighted by atomic mass is 10.1. The van der Waals surface area contributed by atoms with Crippen LogP contribution in [0.2, 0.25) is 5.15 Å². The molecule has 0 saturated carbocycles. The molecule has 0 aliphatic heterocycles. The molecule has 1 heterocycles. The van der Waals surface area contributed by atoms with Crippen LogP contribution in [0.1, 0.15) is 17.3 Å². The van der Waals surface area contributed by atoms with E-state index in [0.717, 1.165) is 5.69 Å². The Hall–Kier alpha value is -0.640. The zero-order chi connectivity index (χ0) is 9.14. The fraction of sp³-hybridized carbons (Fsp3) is 0.375. The molecule has 0 radical (unpaired) electrons. The minimum atomic E-state index is -0.439. The molecule has 0 aliphatic rings. The van der Waals surface area contributed by atoms with Gasteiger partial charge in [-0.25, -0.2) is 4.98 Å². The maximum absolute atomic E-state index is 8.77. The number of pyridine rings is 1. The lowest BCUT2D eigenvalue weighted by Gasteiger charge is -2.09. The Balaban J connectivity index is 3.01. The van der Waals surface area contributed by atoms with E-state index < -0.39 is 6.04 Å². The fourth-order valence-corrected chi connectivity index (χ4v) is 1.25. The molecule has 4 heteroatoms. The SMILES string of the molecule is Cc1ccc([C@H](N)CO)c(Cl)n1. The van der Waals surface area contributed by atoms with Crippen molar-refractivity contribution in [2.24, 2.45) is 5.73 Å². The normalized spacial score (nSPS) is 13.0. The van der Waals surface area contributed by atoms with E-state index >= 15 is 0 Å². The first kappa shape index (κ1) is 9.45. The van der Waals surface area contributed by atoms with Gasteiger partial charge in [0.25, 0.3) is 0 Å². The molecule has 0 unspecified atom stereocenters. The molecule has 0 spiro atoms. The molecule has 0 aliphatic carbocycles. The van der Waals surface area contributed by atoms with E-state index in [9.17, 15) is 0 Å². The third-order valence-corrected chi connectivity index (χ3v) is 1.92. The van der Waals surface area contributed by atoms with Gasteiger partial charge in [-0.3, -0.25) is 0 Å². The van der Waals surface area contributed by atoms with Crippen LogP contribution >= 0.6 is 11.6 Å². The Kier molecular flexibility index (Phi) is 3.03. The lowest BCUT2D eigenvalue weighted by molar-refractivity contribution is 0.268. The average Bonchev–Trinajstić information content (AvgIpc) is 2.03. The van der Waals surface area contributed by atoms with Crippen LogP contribution < -0.4 is 5.73 Å². The van der Waals surface area contributed by atoms with E-state index in [4.69, 9.17) is 22.4 Å². The molecule has 1 atom stereocenters. The molecule has 0 saturated heterocycles. The van der Waals surface area contributed by atoms with Crippen molar-refractivity contribution in [3.63, 3.8) is 0 Å². The van der Waals surface area contributed by atoms with Crippen molar-refractivity contribution in [3.8, 4) is 0 Å². The third kappa shape index (κ3) is 1.94. The van der Waals surface area contributed by atoms with Crippen LogP contribution in [0.5, 0.6) is 0 Å². The number of halogens is 1. The second-order valence-electron chi connectivity index (χ2n) is 2.62. The van der Waals surface area contributed by atoms with Crippen molar-refractivity contribution in [1.82, 2.24) is 4.98 Å². The van der Waals surface area contributed by atoms with Crippen LogP contribution in [0, 0.1) is 6.92 Å². The van der Waals surface area contributed by atoms with Gasteiger partial charge in [0.2, 0.25) is 0 Å². The molecule has 0 fully saturated rings.